The van der Waals surface area contributed by atoms with Crippen LogP contribution in [0, 0.1) is 6.92 Å². The molecule has 1 N–H and O–H groups in total. The van der Waals surface area contributed by atoms with Crippen LogP contribution in [-0.4, -0.2) is 17.2 Å². The minimum atomic E-state index is -0.964. The predicted octanol–water partition coefficient (Wildman–Crippen LogP) is 2.89. The molecule has 1 aromatic rings. The number of rotatable bonds is 4. The maximum absolute atomic E-state index is 10.7. The van der Waals surface area contributed by atoms with Crippen molar-refractivity contribution in [2.45, 2.75) is 26.4 Å². The standard InChI is InChI=1S/C11H13ClO3/c1-3-10(11(13)14)15-8-5-4-7(2)9(12)6-8/h4-6,10H,3H2,1-2H3,(H,13,14). The zero-order valence-electron chi connectivity index (χ0n) is 8.66. The van der Waals surface area contributed by atoms with Gasteiger partial charge in [0.25, 0.3) is 0 Å². The Morgan fingerprint density at radius 2 is 2.27 bits per heavy atom. The second-order valence-corrected chi connectivity index (χ2v) is 3.67. The molecule has 15 heavy (non-hydrogen) atoms. The van der Waals surface area contributed by atoms with E-state index in [1.54, 1.807) is 25.1 Å². The molecule has 82 valence electrons. The van der Waals surface area contributed by atoms with Gasteiger partial charge < -0.3 is 9.84 Å². The summed E-state index contributed by atoms with van der Waals surface area (Å²) in [4.78, 5) is 10.7. The van der Waals surface area contributed by atoms with Crippen molar-refractivity contribution < 1.29 is 14.6 Å². The summed E-state index contributed by atoms with van der Waals surface area (Å²) in [6.45, 7) is 3.63. The minimum absolute atomic E-state index is 0.417. The van der Waals surface area contributed by atoms with E-state index in [4.69, 9.17) is 21.4 Å². The van der Waals surface area contributed by atoms with E-state index < -0.39 is 12.1 Å². The first-order chi connectivity index (χ1) is 7.04. The van der Waals surface area contributed by atoms with Crippen molar-refractivity contribution in [1.29, 1.82) is 0 Å². The monoisotopic (exact) mass is 228 g/mol. The summed E-state index contributed by atoms with van der Waals surface area (Å²) < 4.78 is 5.28. The van der Waals surface area contributed by atoms with Gasteiger partial charge in [0.15, 0.2) is 6.10 Å². The second kappa shape index (κ2) is 5.03. The molecule has 0 radical (unpaired) electrons. The van der Waals surface area contributed by atoms with E-state index in [0.717, 1.165) is 5.56 Å². The third-order valence-electron chi connectivity index (χ3n) is 2.07. The lowest BCUT2D eigenvalue weighted by Crippen LogP contribution is -2.25. The number of halogens is 1. The molecule has 1 aromatic carbocycles. The zero-order valence-corrected chi connectivity index (χ0v) is 9.41. The van der Waals surface area contributed by atoms with Crippen LogP contribution >= 0.6 is 11.6 Å². The van der Waals surface area contributed by atoms with Gasteiger partial charge in [-0.05, 0) is 31.0 Å². The molecule has 0 saturated heterocycles. The molecule has 1 atom stereocenters. The van der Waals surface area contributed by atoms with Crippen LogP contribution in [0.5, 0.6) is 5.75 Å². The van der Waals surface area contributed by atoms with Crippen molar-refractivity contribution >= 4 is 17.6 Å². The lowest BCUT2D eigenvalue weighted by Gasteiger charge is -2.13. The second-order valence-electron chi connectivity index (χ2n) is 3.26. The fraction of sp³-hybridized carbons (Fsp3) is 0.364. The van der Waals surface area contributed by atoms with Crippen molar-refractivity contribution in [3.8, 4) is 5.75 Å². The van der Waals surface area contributed by atoms with Crippen molar-refractivity contribution in [1.82, 2.24) is 0 Å². The van der Waals surface area contributed by atoms with Gasteiger partial charge in [-0.2, -0.15) is 0 Å². The number of benzene rings is 1. The number of carboxylic acid groups (broad SMARTS) is 1. The highest BCUT2D eigenvalue weighted by atomic mass is 35.5. The van der Waals surface area contributed by atoms with Crippen LogP contribution in [0.25, 0.3) is 0 Å². The topological polar surface area (TPSA) is 46.5 Å². The molecule has 1 rings (SSSR count). The summed E-state index contributed by atoms with van der Waals surface area (Å²) in [7, 11) is 0. The highest BCUT2D eigenvalue weighted by Crippen LogP contribution is 2.22. The molecule has 0 heterocycles. The Morgan fingerprint density at radius 1 is 1.60 bits per heavy atom. The highest BCUT2D eigenvalue weighted by Gasteiger charge is 2.16. The van der Waals surface area contributed by atoms with Crippen LogP contribution in [0.2, 0.25) is 5.02 Å². The van der Waals surface area contributed by atoms with Gasteiger partial charge in [0.05, 0.1) is 0 Å². The van der Waals surface area contributed by atoms with Crippen molar-refractivity contribution in [2.24, 2.45) is 0 Å². The van der Waals surface area contributed by atoms with Gasteiger partial charge in [-0.3, -0.25) is 0 Å². The van der Waals surface area contributed by atoms with E-state index in [0.29, 0.717) is 17.2 Å². The average molecular weight is 229 g/mol. The molecule has 3 nitrogen and oxygen atoms in total. The predicted molar refractivity (Wildman–Crippen MR) is 58.5 cm³/mol. The first-order valence-corrected chi connectivity index (χ1v) is 5.08. The number of hydrogen-bond donors (Lipinski definition) is 1. The van der Waals surface area contributed by atoms with Gasteiger partial charge in [0.2, 0.25) is 0 Å². The number of aryl methyl sites for hydroxylation is 1. The molecule has 0 amide bonds. The average Bonchev–Trinajstić information content (AvgIpc) is 2.19. The Morgan fingerprint density at radius 3 is 2.73 bits per heavy atom. The van der Waals surface area contributed by atoms with Gasteiger partial charge in [0, 0.05) is 5.02 Å². The van der Waals surface area contributed by atoms with Crippen LogP contribution in [0.4, 0.5) is 0 Å². The van der Waals surface area contributed by atoms with Crippen LogP contribution < -0.4 is 4.74 Å². The quantitative estimate of drug-likeness (QED) is 0.862. The SMILES string of the molecule is CCC(Oc1ccc(C)c(Cl)c1)C(=O)O. The Hall–Kier alpha value is -1.22. The minimum Gasteiger partial charge on any atom is -0.479 e. The van der Waals surface area contributed by atoms with Crippen molar-refractivity contribution in [3.63, 3.8) is 0 Å². The maximum Gasteiger partial charge on any atom is 0.344 e. The third kappa shape index (κ3) is 3.13. The Kier molecular flexibility index (Phi) is 3.97. The van der Waals surface area contributed by atoms with E-state index >= 15 is 0 Å². The van der Waals surface area contributed by atoms with Crippen LogP contribution in [0.15, 0.2) is 18.2 Å². The molecule has 0 bridgehead atoms. The fourth-order valence-corrected chi connectivity index (χ4v) is 1.29. The number of aliphatic carboxylic acids is 1. The van der Waals surface area contributed by atoms with Crippen LogP contribution in [0.1, 0.15) is 18.9 Å². The van der Waals surface area contributed by atoms with E-state index in [2.05, 4.69) is 0 Å². The molecular weight excluding hydrogens is 216 g/mol. The van der Waals surface area contributed by atoms with E-state index in [1.807, 2.05) is 6.92 Å². The summed E-state index contributed by atoms with van der Waals surface area (Å²) in [6.07, 6.45) is -0.398. The van der Waals surface area contributed by atoms with E-state index in [1.165, 1.54) is 0 Å². The number of ether oxygens (including phenoxy) is 1. The molecule has 0 spiro atoms. The van der Waals surface area contributed by atoms with Gasteiger partial charge >= 0.3 is 5.97 Å². The van der Waals surface area contributed by atoms with E-state index in [9.17, 15) is 4.79 Å². The zero-order chi connectivity index (χ0) is 11.4. The Bertz CT molecular complexity index is 363. The van der Waals surface area contributed by atoms with Gasteiger partial charge in [-0.1, -0.05) is 24.6 Å². The Balaban J connectivity index is 2.80. The first-order valence-electron chi connectivity index (χ1n) is 4.70. The molecule has 0 aliphatic carbocycles. The molecule has 0 fully saturated rings. The van der Waals surface area contributed by atoms with Crippen molar-refractivity contribution in [3.05, 3.63) is 28.8 Å². The lowest BCUT2D eigenvalue weighted by atomic mass is 10.2. The van der Waals surface area contributed by atoms with Gasteiger partial charge in [-0.25, -0.2) is 4.79 Å². The molecule has 1 unspecified atom stereocenters. The summed E-state index contributed by atoms with van der Waals surface area (Å²) in [5.41, 5.74) is 0.937. The summed E-state index contributed by atoms with van der Waals surface area (Å²) >= 11 is 5.89. The highest BCUT2D eigenvalue weighted by molar-refractivity contribution is 6.31. The smallest absolute Gasteiger partial charge is 0.344 e. The van der Waals surface area contributed by atoms with Crippen LogP contribution in [0.3, 0.4) is 0 Å². The summed E-state index contributed by atoms with van der Waals surface area (Å²) in [5, 5.41) is 9.38. The number of carbonyl (C=O) groups is 1. The molecule has 4 heteroatoms. The summed E-state index contributed by atoms with van der Waals surface area (Å²) in [6, 6.07) is 5.14. The van der Waals surface area contributed by atoms with Crippen molar-refractivity contribution in [2.75, 3.05) is 0 Å². The van der Waals surface area contributed by atoms with Crippen LogP contribution in [-0.2, 0) is 4.79 Å². The van der Waals surface area contributed by atoms with Gasteiger partial charge in [-0.15, -0.1) is 0 Å². The number of carboxylic acids is 1. The maximum atomic E-state index is 10.7. The lowest BCUT2D eigenvalue weighted by molar-refractivity contribution is -0.145. The molecule has 0 aromatic heterocycles. The third-order valence-corrected chi connectivity index (χ3v) is 2.48. The molecule has 0 aliphatic heterocycles. The fourth-order valence-electron chi connectivity index (χ4n) is 1.12. The number of hydrogen-bond acceptors (Lipinski definition) is 2. The summed E-state index contributed by atoms with van der Waals surface area (Å²) in [5.74, 6) is -0.478. The first kappa shape index (κ1) is 11.9. The molecule has 0 saturated carbocycles. The normalized spacial score (nSPS) is 12.2. The molecule has 0 aliphatic rings. The molecular formula is C11H13ClO3. The van der Waals surface area contributed by atoms with E-state index in [-0.39, 0.29) is 0 Å². The van der Waals surface area contributed by atoms with Gasteiger partial charge in [0.1, 0.15) is 5.75 Å². The Labute approximate surface area is 93.6 Å². The largest absolute Gasteiger partial charge is 0.479 e.